The van der Waals surface area contributed by atoms with Crippen molar-refractivity contribution in [2.75, 3.05) is 5.32 Å². The molecule has 0 saturated heterocycles. The SMILES string of the molecule is O=C(Nc1ccccc1)c1cnccc1-c1ccccc1. The molecule has 0 aliphatic heterocycles. The Balaban J connectivity index is 1.94. The minimum absolute atomic E-state index is 0.159. The Morgan fingerprint density at radius 2 is 1.52 bits per heavy atom. The molecule has 3 heteroatoms. The van der Waals surface area contributed by atoms with Crippen molar-refractivity contribution in [3.05, 3.63) is 84.7 Å². The van der Waals surface area contributed by atoms with Gasteiger partial charge in [-0.3, -0.25) is 9.78 Å². The quantitative estimate of drug-likeness (QED) is 0.784. The fourth-order valence-electron chi connectivity index (χ4n) is 2.16. The Morgan fingerprint density at radius 1 is 0.857 bits per heavy atom. The molecule has 1 amide bonds. The number of nitrogens with one attached hydrogen (secondary N) is 1. The smallest absolute Gasteiger partial charge is 0.257 e. The van der Waals surface area contributed by atoms with Crippen LogP contribution in [0.5, 0.6) is 0 Å². The number of rotatable bonds is 3. The van der Waals surface area contributed by atoms with E-state index in [1.165, 1.54) is 0 Å². The molecular formula is C18H14N2O. The van der Waals surface area contributed by atoms with E-state index in [4.69, 9.17) is 0 Å². The Hall–Kier alpha value is -2.94. The average Bonchev–Trinajstić information content (AvgIpc) is 2.56. The number of hydrogen-bond donors (Lipinski definition) is 1. The van der Waals surface area contributed by atoms with Crippen molar-refractivity contribution < 1.29 is 4.79 Å². The number of carbonyl (C=O) groups excluding carboxylic acids is 1. The van der Waals surface area contributed by atoms with Crippen LogP contribution in [-0.2, 0) is 0 Å². The molecule has 102 valence electrons. The standard InChI is InChI=1S/C18H14N2O/c21-18(20-15-9-5-2-6-10-15)17-13-19-12-11-16(17)14-7-3-1-4-8-14/h1-13H,(H,20,21). The predicted molar refractivity (Wildman–Crippen MR) is 84.1 cm³/mol. The predicted octanol–water partition coefficient (Wildman–Crippen LogP) is 4.00. The molecule has 0 bridgehead atoms. The zero-order valence-electron chi connectivity index (χ0n) is 11.4. The summed E-state index contributed by atoms with van der Waals surface area (Å²) in [6.45, 7) is 0. The maximum absolute atomic E-state index is 12.5. The van der Waals surface area contributed by atoms with Crippen LogP contribution in [0.2, 0.25) is 0 Å². The van der Waals surface area contributed by atoms with Gasteiger partial charge in [-0.25, -0.2) is 0 Å². The molecule has 0 aliphatic rings. The minimum Gasteiger partial charge on any atom is -0.322 e. The van der Waals surface area contributed by atoms with Crippen LogP contribution in [0.4, 0.5) is 5.69 Å². The first-order chi connectivity index (χ1) is 10.3. The molecule has 3 nitrogen and oxygen atoms in total. The first-order valence-electron chi connectivity index (χ1n) is 6.70. The van der Waals surface area contributed by atoms with Crippen molar-refractivity contribution in [2.45, 2.75) is 0 Å². The zero-order valence-corrected chi connectivity index (χ0v) is 11.4. The molecule has 0 fully saturated rings. The lowest BCUT2D eigenvalue weighted by atomic mass is 10.0. The van der Waals surface area contributed by atoms with E-state index in [-0.39, 0.29) is 5.91 Å². The van der Waals surface area contributed by atoms with Crippen LogP contribution < -0.4 is 5.32 Å². The van der Waals surface area contributed by atoms with E-state index >= 15 is 0 Å². The van der Waals surface area contributed by atoms with Crippen molar-refractivity contribution in [1.29, 1.82) is 0 Å². The maximum atomic E-state index is 12.5. The van der Waals surface area contributed by atoms with Crippen LogP contribution in [0.3, 0.4) is 0 Å². The first-order valence-corrected chi connectivity index (χ1v) is 6.70. The number of amides is 1. The van der Waals surface area contributed by atoms with Gasteiger partial charge in [0.25, 0.3) is 5.91 Å². The van der Waals surface area contributed by atoms with E-state index < -0.39 is 0 Å². The van der Waals surface area contributed by atoms with Crippen LogP contribution in [0.1, 0.15) is 10.4 Å². The summed E-state index contributed by atoms with van der Waals surface area (Å²) in [5.41, 5.74) is 3.20. The molecule has 0 saturated carbocycles. The largest absolute Gasteiger partial charge is 0.322 e. The summed E-state index contributed by atoms with van der Waals surface area (Å²) in [5.74, 6) is -0.159. The normalized spacial score (nSPS) is 10.1. The molecule has 3 rings (SSSR count). The summed E-state index contributed by atoms with van der Waals surface area (Å²) >= 11 is 0. The molecular weight excluding hydrogens is 260 g/mol. The number of pyridine rings is 1. The summed E-state index contributed by atoms with van der Waals surface area (Å²) < 4.78 is 0. The molecule has 3 aromatic rings. The molecule has 0 radical (unpaired) electrons. The van der Waals surface area contributed by atoms with Gasteiger partial charge in [0, 0.05) is 18.1 Å². The number of nitrogens with zero attached hydrogens (tertiary/aromatic N) is 1. The highest BCUT2D eigenvalue weighted by Gasteiger charge is 2.12. The second-order valence-electron chi connectivity index (χ2n) is 4.61. The topological polar surface area (TPSA) is 42.0 Å². The second-order valence-corrected chi connectivity index (χ2v) is 4.61. The highest BCUT2D eigenvalue weighted by Crippen LogP contribution is 2.23. The van der Waals surface area contributed by atoms with Gasteiger partial charge >= 0.3 is 0 Å². The van der Waals surface area contributed by atoms with Crippen molar-refractivity contribution >= 4 is 11.6 Å². The van der Waals surface area contributed by atoms with E-state index in [1.807, 2.05) is 66.7 Å². The molecule has 0 spiro atoms. The van der Waals surface area contributed by atoms with Gasteiger partial charge in [0.15, 0.2) is 0 Å². The van der Waals surface area contributed by atoms with Crippen LogP contribution in [0, 0.1) is 0 Å². The minimum atomic E-state index is -0.159. The first kappa shape index (κ1) is 13.1. The number of anilines is 1. The number of para-hydroxylation sites is 1. The van der Waals surface area contributed by atoms with Gasteiger partial charge in [-0.2, -0.15) is 0 Å². The summed E-state index contributed by atoms with van der Waals surface area (Å²) in [6, 6.07) is 21.1. The third-order valence-corrected chi connectivity index (χ3v) is 3.18. The zero-order chi connectivity index (χ0) is 14.5. The molecule has 1 N–H and O–H groups in total. The van der Waals surface area contributed by atoms with E-state index in [1.54, 1.807) is 12.4 Å². The molecule has 0 atom stereocenters. The second kappa shape index (κ2) is 6.01. The van der Waals surface area contributed by atoms with Crippen LogP contribution in [-0.4, -0.2) is 10.9 Å². The fourth-order valence-corrected chi connectivity index (χ4v) is 2.16. The molecule has 2 aromatic carbocycles. The summed E-state index contributed by atoms with van der Waals surface area (Å²) in [4.78, 5) is 16.5. The summed E-state index contributed by atoms with van der Waals surface area (Å²) in [5, 5.41) is 2.89. The number of benzene rings is 2. The van der Waals surface area contributed by atoms with E-state index in [9.17, 15) is 4.79 Å². The number of carbonyl (C=O) groups is 1. The van der Waals surface area contributed by atoms with Crippen molar-refractivity contribution in [3.63, 3.8) is 0 Å². The highest BCUT2D eigenvalue weighted by molar-refractivity contribution is 6.08. The van der Waals surface area contributed by atoms with Crippen LogP contribution in [0.15, 0.2) is 79.1 Å². The van der Waals surface area contributed by atoms with Crippen LogP contribution >= 0.6 is 0 Å². The van der Waals surface area contributed by atoms with E-state index in [2.05, 4.69) is 10.3 Å². The molecule has 21 heavy (non-hydrogen) atoms. The average molecular weight is 274 g/mol. The van der Waals surface area contributed by atoms with Gasteiger partial charge in [0.05, 0.1) is 5.56 Å². The van der Waals surface area contributed by atoms with Crippen LogP contribution in [0.25, 0.3) is 11.1 Å². The van der Waals surface area contributed by atoms with Crippen molar-refractivity contribution in [1.82, 2.24) is 4.98 Å². The maximum Gasteiger partial charge on any atom is 0.257 e. The number of hydrogen-bond acceptors (Lipinski definition) is 2. The highest BCUT2D eigenvalue weighted by atomic mass is 16.1. The van der Waals surface area contributed by atoms with Crippen molar-refractivity contribution in [3.8, 4) is 11.1 Å². The van der Waals surface area contributed by atoms with Gasteiger partial charge < -0.3 is 5.32 Å². The summed E-state index contributed by atoms with van der Waals surface area (Å²) in [6.07, 6.45) is 3.29. The lowest BCUT2D eigenvalue weighted by Crippen LogP contribution is -2.13. The van der Waals surface area contributed by atoms with Crippen molar-refractivity contribution in [2.24, 2.45) is 0 Å². The van der Waals surface area contributed by atoms with Gasteiger partial charge in [-0.15, -0.1) is 0 Å². The Kier molecular flexibility index (Phi) is 3.74. The third-order valence-electron chi connectivity index (χ3n) is 3.18. The Morgan fingerprint density at radius 3 is 2.24 bits per heavy atom. The number of aromatic nitrogens is 1. The van der Waals surface area contributed by atoms with E-state index in [0.717, 1.165) is 16.8 Å². The molecule has 1 aromatic heterocycles. The Bertz CT molecular complexity index is 739. The van der Waals surface area contributed by atoms with Gasteiger partial charge in [-0.1, -0.05) is 48.5 Å². The molecule has 1 heterocycles. The molecule has 0 unspecified atom stereocenters. The fraction of sp³-hybridized carbons (Fsp3) is 0. The van der Waals surface area contributed by atoms with Gasteiger partial charge in [-0.05, 0) is 29.3 Å². The van der Waals surface area contributed by atoms with E-state index in [0.29, 0.717) is 5.56 Å². The van der Waals surface area contributed by atoms with Gasteiger partial charge in [0.2, 0.25) is 0 Å². The van der Waals surface area contributed by atoms with Gasteiger partial charge in [0.1, 0.15) is 0 Å². The Labute approximate surface area is 123 Å². The molecule has 0 aliphatic carbocycles. The summed E-state index contributed by atoms with van der Waals surface area (Å²) in [7, 11) is 0. The monoisotopic (exact) mass is 274 g/mol. The lowest BCUT2D eigenvalue weighted by Gasteiger charge is -2.09. The third kappa shape index (κ3) is 2.98. The lowest BCUT2D eigenvalue weighted by molar-refractivity contribution is 0.102.